The molecule has 3 unspecified atom stereocenters. The Labute approximate surface area is 489 Å². The van der Waals surface area contributed by atoms with Crippen LogP contribution in [-0.4, -0.2) is 69.4 Å². The van der Waals surface area contributed by atoms with Crippen LogP contribution in [0.3, 0.4) is 0 Å². The summed E-state index contributed by atoms with van der Waals surface area (Å²) in [7, 11) is 1.18. The third-order valence-electron chi connectivity index (χ3n) is 14.6. The molecule has 0 bridgehead atoms. The van der Waals surface area contributed by atoms with Gasteiger partial charge in [0, 0.05) is 12.8 Å². The van der Waals surface area contributed by atoms with E-state index in [1.165, 1.54) is 167 Å². The molecule has 1 amide bonds. The molecule has 9 nitrogen and oxygen atoms in total. The molecule has 0 aliphatic rings. The number of hydrogen-bond acceptors (Lipinski definition) is 7. The topological polar surface area (TPSA) is 114 Å². The molecule has 0 aromatic rings. The van der Waals surface area contributed by atoms with Crippen LogP contribution in [0.25, 0.3) is 0 Å². The summed E-state index contributed by atoms with van der Waals surface area (Å²) in [5.41, 5.74) is 0. The number of nitrogens with one attached hydrogen (secondary N) is 1. The summed E-state index contributed by atoms with van der Waals surface area (Å²) in [6.45, 7) is 6.81. The summed E-state index contributed by atoms with van der Waals surface area (Å²) in [6.07, 6.45) is 75.7. The Morgan fingerprint density at radius 1 is 0.443 bits per heavy atom. The Morgan fingerprint density at radius 2 is 0.772 bits per heavy atom. The van der Waals surface area contributed by atoms with E-state index in [-0.39, 0.29) is 24.9 Å². The minimum Gasteiger partial charge on any atom is -0.756 e. The van der Waals surface area contributed by atoms with Crippen molar-refractivity contribution in [3.8, 4) is 0 Å². The molecular weight excluding hydrogens is 1000 g/mol. The Kier molecular flexibility index (Phi) is 56.7. The van der Waals surface area contributed by atoms with Gasteiger partial charge in [-0.25, -0.2) is 0 Å². The van der Waals surface area contributed by atoms with Crippen LogP contribution in [0.1, 0.15) is 303 Å². The molecule has 79 heavy (non-hydrogen) atoms. The molecule has 1 N–H and O–H groups in total. The second kappa shape index (κ2) is 58.6. The quantitative estimate of drug-likeness (QED) is 0.0212. The highest BCUT2D eigenvalue weighted by atomic mass is 31.2. The van der Waals surface area contributed by atoms with Crippen molar-refractivity contribution in [2.75, 3.05) is 40.9 Å². The Bertz CT molecular complexity index is 1580. The van der Waals surface area contributed by atoms with Gasteiger partial charge >= 0.3 is 5.97 Å². The van der Waals surface area contributed by atoms with Gasteiger partial charge in [0.05, 0.1) is 33.8 Å². The number of carbonyl (C=O) groups is 2. The van der Waals surface area contributed by atoms with Crippen LogP contribution in [0, 0.1) is 0 Å². The summed E-state index contributed by atoms with van der Waals surface area (Å²) in [6, 6.07) is -0.897. The van der Waals surface area contributed by atoms with Gasteiger partial charge < -0.3 is 28.5 Å². The average Bonchev–Trinajstić information content (AvgIpc) is 3.41. The zero-order valence-electron chi connectivity index (χ0n) is 52.6. The number of ether oxygens (including phenoxy) is 1. The molecule has 0 heterocycles. The summed E-state index contributed by atoms with van der Waals surface area (Å²) < 4.78 is 30.4. The smallest absolute Gasteiger partial charge is 0.306 e. The van der Waals surface area contributed by atoms with E-state index < -0.39 is 26.6 Å². The standard InChI is InChI=1S/C69H127N2O7P/c1-7-10-13-16-19-22-25-28-30-32-33-34-35-36-37-39-40-43-46-49-52-55-58-61-68(72)70-66(65-77-79(74,75)76-64-63-71(4,5)6)67(60-57-54-51-48-45-42-27-24-21-18-15-12-9-3)78-69(73)62-59-56-53-50-47-44-41-38-31-29-26-23-20-17-14-11-8-2/h19-20,22-23,28-31,33-34,57,60,66-67H,7-18,21,24-27,32,35-56,58-59,61-65H2,1-6H3,(H-,70,72,74,75)/b22-19-,23-20-,30-28-,31-29-,34-33-,60-57-. The number of unbranched alkanes of at least 4 members (excludes halogenated alkanes) is 34. The zero-order valence-corrected chi connectivity index (χ0v) is 53.5. The first kappa shape index (κ1) is 76.5. The highest BCUT2D eigenvalue weighted by molar-refractivity contribution is 7.45. The molecule has 0 aliphatic carbocycles. The van der Waals surface area contributed by atoms with E-state index in [1.54, 1.807) is 0 Å². The first-order chi connectivity index (χ1) is 38.4. The zero-order chi connectivity index (χ0) is 57.9. The second-order valence-electron chi connectivity index (χ2n) is 23.6. The molecule has 10 heteroatoms. The lowest BCUT2D eigenvalue weighted by atomic mass is 10.0. The van der Waals surface area contributed by atoms with E-state index in [1.807, 2.05) is 33.3 Å². The van der Waals surface area contributed by atoms with Crippen molar-refractivity contribution in [2.45, 2.75) is 315 Å². The monoisotopic (exact) mass is 1130 g/mol. The highest BCUT2D eigenvalue weighted by Gasteiger charge is 2.27. The molecule has 0 aromatic carbocycles. The fourth-order valence-corrected chi connectivity index (χ4v) is 10.2. The minimum absolute atomic E-state index is 0.0262. The van der Waals surface area contributed by atoms with Crippen molar-refractivity contribution in [2.24, 2.45) is 0 Å². The van der Waals surface area contributed by atoms with Crippen LogP contribution in [0.15, 0.2) is 72.9 Å². The van der Waals surface area contributed by atoms with Crippen molar-refractivity contribution in [1.29, 1.82) is 0 Å². The maximum atomic E-state index is 13.6. The molecule has 3 atom stereocenters. The van der Waals surface area contributed by atoms with E-state index in [9.17, 15) is 19.0 Å². The maximum Gasteiger partial charge on any atom is 0.306 e. The number of rotatable bonds is 60. The van der Waals surface area contributed by atoms with Crippen LogP contribution in [0.2, 0.25) is 0 Å². The third kappa shape index (κ3) is 59.9. The molecule has 460 valence electrons. The van der Waals surface area contributed by atoms with Gasteiger partial charge in [-0.15, -0.1) is 0 Å². The molecule has 0 fully saturated rings. The number of phosphoric acid groups is 1. The van der Waals surface area contributed by atoms with Crippen LogP contribution in [0.4, 0.5) is 0 Å². The lowest BCUT2D eigenvalue weighted by Gasteiger charge is -2.30. The van der Waals surface area contributed by atoms with E-state index in [4.69, 9.17) is 13.8 Å². The van der Waals surface area contributed by atoms with Crippen molar-refractivity contribution in [3.05, 3.63) is 72.9 Å². The van der Waals surface area contributed by atoms with E-state index in [2.05, 4.69) is 86.8 Å². The lowest BCUT2D eigenvalue weighted by molar-refractivity contribution is -0.870. The van der Waals surface area contributed by atoms with Gasteiger partial charge in [-0.1, -0.05) is 261 Å². The van der Waals surface area contributed by atoms with E-state index in [0.717, 1.165) is 103 Å². The largest absolute Gasteiger partial charge is 0.756 e. The molecule has 0 saturated heterocycles. The number of quaternary nitrogens is 1. The average molecular weight is 1130 g/mol. The number of phosphoric ester groups is 1. The summed E-state index contributed by atoms with van der Waals surface area (Å²) in [5.74, 6) is -0.549. The predicted molar refractivity (Wildman–Crippen MR) is 339 cm³/mol. The van der Waals surface area contributed by atoms with Crippen molar-refractivity contribution < 1.29 is 37.3 Å². The van der Waals surface area contributed by atoms with Crippen molar-refractivity contribution in [3.63, 3.8) is 0 Å². The maximum absolute atomic E-state index is 13.6. The van der Waals surface area contributed by atoms with Crippen molar-refractivity contribution in [1.82, 2.24) is 5.32 Å². The molecule has 0 saturated carbocycles. The predicted octanol–water partition coefficient (Wildman–Crippen LogP) is 20.2. The first-order valence-electron chi connectivity index (χ1n) is 33.2. The van der Waals surface area contributed by atoms with Crippen molar-refractivity contribution >= 4 is 19.7 Å². The fourth-order valence-electron chi connectivity index (χ4n) is 9.44. The van der Waals surface area contributed by atoms with Gasteiger partial charge in [-0.05, 0) is 102 Å². The number of hydrogen-bond donors (Lipinski definition) is 1. The number of likely N-dealkylation sites (N-methyl/N-ethyl adjacent to an activating group) is 1. The molecule has 0 spiro atoms. The fraction of sp³-hybridized carbons (Fsp3) is 0.797. The number of nitrogens with zero attached hydrogens (tertiary/aromatic N) is 1. The van der Waals surface area contributed by atoms with Gasteiger partial charge in [0.2, 0.25) is 5.91 Å². The van der Waals surface area contributed by atoms with Crippen LogP contribution in [-0.2, 0) is 27.9 Å². The minimum atomic E-state index is -4.71. The summed E-state index contributed by atoms with van der Waals surface area (Å²) in [4.78, 5) is 40.1. The first-order valence-corrected chi connectivity index (χ1v) is 34.7. The van der Waals surface area contributed by atoms with Gasteiger partial charge in [-0.3, -0.25) is 14.2 Å². The molecule has 0 aliphatic heterocycles. The normalized spacial score (nSPS) is 14.1. The van der Waals surface area contributed by atoms with Gasteiger partial charge in [0.15, 0.2) is 0 Å². The van der Waals surface area contributed by atoms with Gasteiger partial charge in [0.1, 0.15) is 19.3 Å². The summed E-state index contributed by atoms with van der Waals surface area (Å²) in [5, 5.41) is 3.04. The number of amides is 1. The van der Waals surface area contributed by atoms with Gasteiger partial charge in [-0.2, -0.15) is 0 Å². The number of allylic oxidation sites excluding steroid dienone is 11. The van der Waals surface area contributed by atoms with E-state index in [0.29, 0.717) is 17.4 Å². The summed E-state index contributed by atoms with van der Waals surface area (Å²) >= 11 is 0. The molecule has 0 rings (SSSR count). The lowest BCUT2D eigenvalue weighted by Crippen LogP contribution is -2.47. The van der Waals surface area contributed by atoms with Crippen LogP contribution < -0.4 is 10.2 Å². The number of esters is 1. The van der Waals surface area contributed by atoms with Gasteiger partial charge in [0.25, 0.3) is 7.82 Å². The number of carbonyl (C=O) groups excluding carboxylic acids is 2. The van der Waals surface area contributed by atoms with Crippen LogP contribution >= 0.6 is 7.82 Å². The Morgan fingerprint density at radius 3 is 1.18 bits per heavy atom. The highest BCUT2D eigenvalue weighted by Crippen LogP contribution is 2.38. The second-order valence-corrected chi connectivity index (χ2v) is 25.0. The third-order valence-corrected chi connectivity index (χ3v) is 15.6. The Balaban J connectivity index is 5.20. The van der Waals surface area contributed by atoms with Crippen LogP contribution in [0.5, 0.6) is 0 Å². The molecule has 0 radical (unpaired) electrons. The SMILES string of the molecule is CCCCC/C=C\C/C=C\C/C=C\CCCCCCCCCCCCC(=O)NC(COP(=O)([O-])OCC[N+](C)(C)C)C(/C=C\CCCCCCCCCCCCC)OC(=O)CCCCCCCCC/C=C\C/C=C\CCCCC. The molecular formula is C69H127N2O7P. The Hall–Kier alpha value is -2.55. The van der Waals surface area contributed by atoms with E-state index >= 15 is 0 Å². The molecule has 0 aromatic heterocycles.